The number of nitrogens with one attached hydrogen (secondary N) is 1. The third-order valence-electron chi connectivity index (χ3n) is 7.00. The van der Waals surface area contributed by atoms with E-state index >= 15 is 0 Å². The van der Waals surface area contributed by atoms with Gasteiger partial charge in [-0.1, -0.05) is 72.0 Å². The molecule has 5 aromatic rings. The van der Waals surface area contributed by atoms with Gasteiger partial charge in [0.25, 0.3) is 5.56 Å². The molecule has 200 valence electrons. The molecule has 2 aromatic heterocycles. The zero-order valence-electron chi connectivity index (χ0n) is 22.3. The van der Waals surface area contributed by atoms with Gasteiger partial charge >= 0.3 is 5.97 Å². The van der Waals surface area contributed by atoms with E-state index in [-0.39, 0.29) is 12.2 Å². The van der Waals surface area contributed by atoms with E-state index in [1.165, 1.54) is 11.3 Å². The standard InChI is InChI=1S/C32H27N3O4S/c1-4-39-31(37)27-28(20-11-6-5-7-12-20)34-32-35(29(27)21-13-10-14-22(17-21)38-3)30(36)26(40-32)18-24-19(2)33-25-16-9-8-15-23(24)25/h5-18,29,33H,4H2,1-3H3/b26-18-/t29-/m1/s1. The van der Waals surface area contributed by atoms with Crippen molar-refractivity contribution in [3.8, 4) is 5.75 Å². The highest BCUT2D eigenvalue weighted by Crippen LogP contribution is 2.36. The van der Waals surface area contributed by atoms with Gasteiger partial charge in [0.05, 0.1) is 35.6 Å². The molecule has 0 fully saturated rings. The maximum Gasteiger partial charge on any atom is 0.338 e. The molecule has 0 saturated carbocycles. The summed E-state index contributed by atoms with van der Waals surface area (Å²) in [5, 5.41) is 1.03. The minimum atomic E-state index is -0.758. The first kappa shape index (κ1) is 25.6. The molecule has 40 heavy (non-hydrogen) atoms. The average Bonchev–Trinajstić information content (AvgIpc) is 3.47. The van der Waals surface area contributed by atoms with Crippen LogP contribution in [0.2, 0.25) is 0 Å². The van der Waals surface area contributed by atoms with Crippen molar-refractivity contribution in [3.63, 3.8) is 0 Å². The van der Waals surface area contributed by atoms with E-state index in [0.29, 0.717) is 26.4 Å². The minimum absolute atomic E-state index is 0.194. The van der Waals surface area contributed by atoms with Crippen molar-refractivity contribution in [2.24, 2.45) is 4.99 Å². The molecule has 0 unspecified atom stereocenters. The Bertz CT molecular complexity index is 1960. The molecule has 0 aliphatic carbocycles. The maximum absolute atomic E-state index is 14.2. The first-order chi connectivity index (χ1) is 19.5. The Morgan fingerprint density at radius 2 is 1.85 bits per heavy atom. The van der Waals surface area contributed by atoms with Gasteiger partial charge in [-0.3, -0.25) is 9.36 Å². The van der Waals surface area contributed by atoms with Crippen molar-refractivity contribution in [2.45, 2.75) is 19.9 Å². The van der Waals surface area contributed by atoms with Gasteiger partial charge in [0, 0.05) is 27.7 Å². The van der Waals surface area contributed by atoms with Gasteiger partial charge in [0.1, 0.15) is 5.75 Å². The minimum Gasteiger partial charge on any atom is -0.497 e. The Balaban J connectivity index is 1.67. The smallest absolute Gasteiger partial charge is 0.338 e. The molecule has 3 heterocycles. The third-order valence-corrected chi connectivity index (χ3v) is 7.99. The lowest BCUT2D eigenvalue weighted by Crippen LogP contribution is -2.40. The van der Waals surface area contributed by atoms with Crippen LogP contribution in [0, 0.1) is 6.92 Å². The summed E-state index contributed by atoms with van der Waals surface area (Å²) in [6.45, 7) is 3.95. The number of benzene rings is 3. The van der Waals surface area contributed by atoms with Crippen LogP contribution in [-0.4, -0.2) is 29.2 Å². The quantitative estimate of drug-likeness (QED) is 0.310. The Hall–Kier alpha value is -4.69. The van der Waals surface area contributed by atoms with E-state index in [0.717, 1.165) is 33.3 Å². The number of carbonyl (C=O) groups excluding carboxylic acids is 1. The number of ether oxygens (including phenoxy) is 2. The predicted octanol–water partition coefficient (Wildman–Crippen LogP) is 4.73. The Labute approximate surface area is 234 Å². The van der Waals surface area contributed by atoms with Crippen molar-refractivity contribution in [2.75, 3.05) is 13.7 Å². The number of methoxy groups -OCH3 is 1. The van der Waals surface area contributed by atoms with Gasteiger partial charge in [0.15, 0.2) is 4.80 Å². The number of thiazole rings is 1. The Kier molecular flexibility index (Phi) is 6.69. The number of aryl methyl sites for hydroxylation is 1. The number of hydrogen-bond donors (Lipinski definition) is 1. The molecule has 8 heteroatoms. The normalized spacial score (nSPS) is 15.2. The molecule has 1 N–H and O–H groups in total. The zero-order valence-corrected chi connectivity index (χ0v) is 23.1. The van der Waals surface area contributed by atoms with Crippen molar-refractivity contribution in [1.29, 1.82) is 0 Å². The van der Waals surface area contributed by atoms with E-state index < -0.39 is 12.0 Å². The molecule has 0 spiro atoms. The first-order valence-corrected chi connectivity index (χ1v) is 13.8. The Morgan fingerprint density at radius 3 is 2.62 bits per heavy atom. The van der Waals surface area contributed by atoms with E-state index in [2.05, 4.69) is 4.98 Å². The van der Waals surface area contributed by atoms with Gasteiger partial charge < -0.3 is 14.5 Å². The number of hydrogen-bond acceptors (Lipinski definition) is 6. The van der Waals surface area contributed by atoms with E-state index in [1.54, 1.807) is 18.6 Å². The van der Waals surface area contributed by atoms with Gasteiger partial charge in [-0.15, -0.1) is 0 Å². The summed E-state index contributed by atoms with van der Waals surface area (Å²) in [5.74, 6) is 0.107. The van der Waals surface area contributed by atoms with Crippen LogP contribution < -0.4 is 19.6 Å². The molecule has 1 aliphatic heterocycles. The van der Waals surface area contributed by atoms with Gasteiger partial charge in [-0.2, -0.15) is 0 Å². The molecule has 6 rings (SSSR count). The number of para-hydroxylation sites is 1. The van der Waals surface area contributed by atoms with Crippen molar-refractivity contribution < 1.29 is 14.3 Å². The number of esters is 1. The number of carbonyl (C=O) groups is 1. The molecule has 1 atom stereocenters. The number of aromatic nitrogens is 2. The second kappa shape index (κ2) is 10.5. The van der Waals surface area contributed by atoms with Crippen molar-refractivity contribution >= 4 is 40.0 Å². The number of nitrogens with zero attached hydrogens (tertiary/aromatic N) is 2. The summed E-state index contributed by atoms with van der Waals surface area (Å²) in [4.78, 5) is 36.6. The van der Waals surface area contributed by atoms with E-state index in [9.17, 15) is 9.59 Å². The van der Waals surface area contributed by atoms with E-state index in [1.807, 2.05) is 91.9 Å². The van der Waals surface area contributed by atoms with Crippen LogP contribution in [-0.2, 0) is 9.53 Å². The number of fused-ring (bicyclic) bond motifs is 2. The summed E-state index contributed by atoms with van der Waals surface area (Å²) in [7, 11) is 1.59. The van der Waals surface area contributed by atoms with Crippen LogP contribution in [0.25, 0.3) is 22.7 Å². The fourth-order valence-electron chi connectivity index (χ4n) is 5.18. The zero-order chi connectivity index (χ0) is 27.8. The molecule has 7 nitrogen and oxygen atoms in total. The fraction of sp³-hybridized carbons (Fsp3) is 0.156. The Morgan fingerprint density at radius 1 is 1.07 bits per heavy atom. The highest BCUT2D eigenvalue weighted by Gasteiger charge is 2.35. The van der Waals surface area contributed by atoms with Gasteiger partial charge in [0.2, 0.25) is 0 Å². The summed E-state index contributed by atoms with van der Waals surface area (Å²) in [6.07, 6.45) is 1.91. The highest BCUT2D eigenvalue weighted by atomic mass is 32.1. The van der Waals surface area contributed by atoms with Crippen molar-refractivity contribution in [3.05, 3.63) is 127 Å². The van der Waals surface area contributed by atoms with Gasteiger partial charge in [-0.25, -0.2) is 9.79 Å². The molecule has 1 aliphatic rings. The lowest BCUT2D eigenvalue weighted by atomic mass is 9.93. The summed E-state index contributed by atoms with van der Waals surface area (Å²) >= 11 is 1.31. The lowest BCUT2D eigenvalue weighted by Gasteiger charge is -2.26. The summed E-state index contributed by atoms with van der Waals surface area (Å²) < 4.78 is 13.2. The molecule has 3 aromatic carbocycles. The summed E-state index contributed by atoms with van der Waals surface area (Å²) in [6, 6.07) is 24.2. The van der Waals surface area contributed by atoms with Crippen LogP contribution in [0.1, 0.15) is 35.3 Å². The average molecular weight is 550 g/mol. The second-order valence-electron chi connectivity index (χ2n) is 9.42. The number of rotatable bonds is 6. The molecule has 0 saturated heterocycles. The van der Waals surface area contributed by atoms with Gasteiger partial charge in [-0.05, 0) is 43.7 Å². The molecular weight excluding hydrogens is 522 g/mol. The first-order valence-electron chi connectivity index (χ1n) is 13.0. The number of aromatic amines is 1. The lowest BCUT2D eigenvalue weighted by molar-refractivity contribution is -0.138. The third kappa shape index (κ3) is 4.36. The van der Waals surface area contributed by atoms with Crippen molar-refractivity contribution in [1.82, 2.24) is 9.55 Å². The molecule has 0 bridgehead atoms. The maximum atomic E-state index is 14.2. The largest absolute Gasteiger partial charge is 0.497 e. The predicted molar refractivity (Wildman–Crippen MR) is 157 cm³/mol. The molecule has 0 radical (unpaired) electrons. The van der Waals surface area contributed by atoms with Crippen LogP contribution in [0.5, 0.6) is 5.75 Å². The topological polar surface area (TPSA) is 85.7 Å². The number of H-pyrrole nitrogens is 1. The highest BCUT2D eigenvalue weighted by molar-refractivity contribution is 7.07. The summed E-state index contributed by atoms with van der Waals surface area (Å²) in [5.41, 5.74) is 4.98. The van der Waals surface area contributed by atoms with Crippen LogP contribution in [0.15, 0.2) is 94.2 Å². The second-order valence-corrected chi connectivity index (χ2v) is 10.4. The van der Waals surface area contributed by atoms with Crippen LogP contribution in [0.3, 0.4) is 0 Å². The SMILES string of the molecule is CCOC(=O)C1=C(c2ccccc2)N=c2s/c(=C\c3c(C)[nH]c4ccccc34)c(=O)n2[C@@H]1c1cccc(OC)c1. The molecular formula is C32H27N3O4S. The fourth-order valence-corrected chi connectivity index (χ4v) is 6.17. The van der Waals surface area contributed by atoms with Crippen LogP contribution >= 0.6 is 11.3 Å². The molecule has 0 amide bonds. The monoisotopic (exact) mass is 549 g/mol. The van der Waals surface area contributed by atoms with E-state index in [4.69, 9.17) is 14.5 Å². The van der Waals surface area contributed by atoms with Crippen LogP contribution in [0.4, 0.5) is 0 Å².